The summed E-state index contributed by atoms with van der Waals surface area (Å²) in [6.07, 6.45) is 3.44. The summed E-state index contributed by atoms with van der Waals surface area (Å²) in [5.74, 6) is 0. The molecule has 4 heteroatoms. The molecule has 0 bridgehead atoms. The van der Waals surface area contributed by atoms with Crippen LogP contribution in [0.4, 0.5) is 0 Å². The van der Waals surface area contributed by atoms with Crippen molar-refractivity contribution in [3.63, 3.8) is 0 Å². The molecule has 2 unspecified atom stereocenters. The van der Waals surface area contributed by atoms with Crippen LogP contribution in [0.3, 0.4) is 0 Å². The number of thiazole rings is 1. The number of hydrogen-bond donors (Lipinski definition) is 2. The Kier molecular flexibility index (Phi) is 2.85. The van der Waals surface area contributed by atoms with Crippen LogP contribution >= 0.6 is 11.3 Å². The lowest BCUT2D eigenvalue weighted by molar-refractivity contribution is 0.00232. The fourth-order valence-electron chi connectivity index (χ4n) is 1.97. The molecule has 2 rings (SSSR count). The van der Waals surface area contributed by atoms with E-state index in [0.29, 0.717) is 0 Å². The van der Waals surface area contributed by atoms with E-state index in [4.69, 9.17) is 0 Å². The van der Waals surface area contributed by atoms with Crippen LogP contribution in [0.2, 0.25) is 0 Å². The SMILES string of the molecule is CC(O)(c1cscn1)C1CCCCN1. The van der Waals surface area contributed by atoms with Gasteiger partial charge in [0.05, 0.1) is 11.2 Å². The summed E-state index contributed by atoms with van der Waals surface area (Å²) in [5, 5.41) is 15.7. The number of piperidine rings is 1. The molecule has 0 aliphatic carbocycles. The highest BCUT2D eigenvalue weighted by atomic mass is 32.1. The Hall–Kier alpha value is -0.450. The van der Waals surface area contributed by atoms with E-state index in [1.165, 1.54) is 24.2 Å². The number of nitrogens with zero attached hydrogens (tertiary/aromatic N) is 1. The minimum Gasteiger partial charge on any atom is -0.382 e. The lowest BCUT2D eigenvalue weighted by Gasteiger charge is -2.35. The van der Waals surface area contributed by atoms with Gasteiger partial charge in [0.15, 0.2) is 0 Å². The average molecular weight is 212 g/mol. The second-order valence-corrected chi connectivity index (χ2v) is 4.74. The fourth-order valence-corrected chi connectivity index (χ4v) is 2.64. The molecule has 1 aromatic heterocycles. The molecule has 0 amide bonds. The van der Waals surface area contributed by atoms with Crippen molar-refractivity contribution in [1.29, 1.82) is 0 Å². The van der Waals surface area contributed by atoms with Crippen molar-refractivity contribution in [2.45, 2.75) is 37.8 Å². The summed E-state index contributed by atoms with van der Waals surface area (Å²) < 4.78 is 0. The van der Waals surface area contributed by atoms with Gasteiger partial charge in [-0.15, -0.1) is 11.3 Å². The first-order valence-corrected chi connectivity index (χ1v) is 6.00. The molecule has 78 valence electrons. The molecule has 14 heavy (non-hydrogen) atoms. The molecule has 1 saturated heterocycles. The molecule has 1 aliphatic heterocycles. The standard InChI is InChI=1S/C10H16N2OS/c1-10(13,9-6-14-7-12-9)8-4-2-3-5-11-8/h6-8,11,13H,2-5H2,1H3. The van der Waals surface area contributed by atoms with Crippen LogP contribution in [-0.2, 0) is 5.60 Å². The van der Waals surface area contributed by atoms with Crippen LogP contribution < -0.4 is 5.32 Å². The maximum Gasteiger partial charge on any atom is 0.120 e. The number of aliphatic hydroxyl groups is 1. The largest absolute Gasteiger partial charge is 0.382 e. The molecule has 1 aliphatic rings. The third kappa shape index (κ3) is 1.82. The zero-order valence-electron chi connectivity index (χ0n) is 8.36. The molecule has 2 atom stereocenters. The monoisotopic (exact) mass is 212 g/mol. The summed E-state index contributed by atoms with van der Waals surface area (Å²) in [6.45, 7) is 2.86. The molecule has 2 heterocycles. The average Bonchev–Trinajstić information content (AvgIpc) is 2.72. The second-order valence-electron chi connectivity index (χ2n) is 4.02. The minimum atomic E-state index is -0.819. The van der Waals surface area contributed by atoms with Crippen molar-refractivity contribution in [1.82, 2.24) is 10.3 Å². The minimum absolute atomic E-state index is 0.151. The number of nitrogens with one attached hydrogen (secondary N) is 1. The van der Waals surface area contributed by atoms with Gasteiger partial charge in [0.2, 0.25) is 0 Å². The molecule has 2 N–H and O–H groups in total. The molecular formula is C10H16N2OS. The Labute approximate surface area is 88.2 Å². The number of hydrogen-bond acceptors (Lipinski definition) is 4. The summed E-state index contributed by atoms with van der Waals surface area (Å²) >= 11 is 1.53. The van der Waals surface area contributed by atoms with Crippen LogP contribution in [0, 0.1) is 0 Å². The predicted molar refractivity (Wildman–Crippen MR) is 57.3 cm³/mol. The third-order valence-corrected chi connectivity index (χ3v) is 3.53. The van der Waals surface area contributed by atoms with Gasteiger partial charge in [-0.2, -0.15) is 0 Å². The fraction of sp³-hybridized carbons (Fsp3) is 0.700. The van der Waals surface area contributed by atoms with E-state index in [0.717, 1.165) is 18.7 Å². The van der Waals surface area contributed by atoms with Gasteiger partial charge in [0.1, 0.15) is 5.60 Å². The highest BCUT2D eigenvalue weighted by Crippen LogP contribution is 2.28. The first-order valence-electron chi connectivity index (χ1n) is 5.05. The lowest BCUT2D eigenvalue weighted by atomic mass is 9.87. The van der Waals surface area contributed by atoms with E-state index in [1.54, 1.807) is 5.51 Å². The molecule has 0 saturated carbocycles. The molecule has 0 radical (unpaired) electrons. The Morgan fingerprint density at radius 2 is 2.50 bits per heavy atom. The molecule has 0 spiro atoms. The van der Waals surface area contributed by atoms with Gasteiger partial charge in [-0.25, -0.2) is 4.98 Å². The smallest absolute Gasteiger partial charge is 0.120 e. The molecule has 0 aromatic carbocycles. The summed E-state index contributed by atoms with van der Waals surface area (Å²) in [4.78, 5) is 4.19. The van der Waals surface area contributed by atoms with Crippen LogP contribution in [-0.4, -0.2) is 22.7 Å². The highest BCUT2D eigenvalue weighted by Gasteiger charge is 2.35. The maximum atomic E-state index is 10.4. The topological polar surface area (TPSA) is 45.2 Å². The van der Waals surface area contributed by atoms with E-state index in [1.807, 2.05) is 12.3 Å². The Morgan fingerprint density at radius 1 is 1.64 bits per heavy atom. The molecule has 3 nitrogen and oxygen atoms in total. The van der Waals surface area contributed by atoms with Gasteiger partial charge in [-0.05, 0) is 26.3 Å². The summed E-state index contributed by atoms with van der Waals surface area (Å²) in [5.41, 5.74) is 1.74. The van der Waals surface area contributed by atoms with Crippen molar-refractivity contribution < 1.29 is 5.11 Å². The van der Waals surface area contributed by atoms with Crippen molar-refractivity contribution in [3.05, 3.63) is 16.6 Å². The van der Waals surface area contributed by atoms with Gasteiger partial charge in [-0.1, -0.05) is 6.42 Å². The first kappa shape index (κ1) is 10.1. The Bertz CT molecular complexity index is 278. The lowest BCUT2D eigenvalue weighted by Crippen LogP contribution is -2.49. The van der Waals surface area contributed by atoms with Crippen LogP contribution in [0.15, 0.2) is 10.9 Å². The zero-order chi connectivity index (χ0) is 10.0. The normalized spacial score (nSPS) is 27.1. The van der Waals surface area contributed by atoms with Crippen molar-refractivity contribution >= 4 is 11.3 Å². The van der Waals surface area contributed by atoms with E-state index in [9.17, 15) is 5.11 Å². The van der Waals surface area contributed by atoms with Gasteiger partial charge >= 0.3 is 0 Å². The molecular weight excluding hydrogens is 196 g/mol. The van der Waals surface area contributed by atoms with Crippen LogP contribution in [0.5, 0.6) is 0 Å². The van der Waals surface area contributed by atoms with E-state index in [-0.39, 0.29) is 6.04 Å². The summed E-state index contributed by atoms with van der Waals surface area (Å²) in [7, 11) is 0. The van der Waals surface area contributed by atoms with Gasteiger partial charge in [0, 0.05) is 11.4 Å². The second kappa shape index (κ2) is 3.96. The van der Waals surface area contributed by atoms with E-state index < -0.39 is 5.60 Å². The first-order chi connectivity index (χ1) is 6.71. The van der Waals surface area contributed by atoms with Crippen molar-refractivity contribution in [2.75, 3.05) is 6.54 Å². The third-order valence-electron chi connectivity index (χ3n) is 2.94. The molecule has 1 aromatic rings. The van der Waals surface area contributed by atoms with E-state index >= 15 is 0 Å². The van der Waals surface area contributed by atoms with E-state index in [2.05, 4.69) is 10.3 Å². The van der Waals surface area contributed by atoms with Crippen molar-refractivity contribution in [3.8, 4) is 0 Å². The van der Waals surface area contributed by atoms with Gasteiger partial charge in [0.25, 0.3) is 0 Å². The quantitative estimate of drug-likeness (QED) is 0.780. The van der Waals surface area contributed by atoms with Crippen LogP contribution in [0.1, 0.15) is 31.9 Å². The Morgan fingerprint density at radius 3 is 3.07 bits per heavy atom. The van der Waals surface area contributed by atoms with Gasteiger partial charge < -0.3 is 10.4 Å². The highest BCUT2D eigenvalue weighted by molar-refractivity contribution is 7.07. The number of rotatable bonds is 2. The number of aromatic nitrogens is 1. The Balaban J connectivity index is 2.14. The molecule has 1 fully saturated rings. The van der Waals surface area contributed by atoms with Crippen molar-refractivity contribution in [2.24, 2.45) is 0 Å². The predicted octanol–water partition coefficient (Wildman–Crippen LogP) is 1.49. The summed E-state index contributed by atoms with van der Waals surface area (Å²) in [6, 6.07) is 0.151. The maximum absolute atomic E-state index is 10.4. The van der Waals surface area contributed by atoms with Crippen LogP contribution in [0.25, 0.3) is 0 Å². The zero-order valence-corrected chi connectivity index (χ0v) is 9.18. The van der Waals surface area contributed by atoms with Gasteiger partial charge in [-0.3, -0.25) is 0 Å².